The molecule has 114 valence electrons. The molecule has 0 bridgehead atoms. The van der Waals surface area contributed by atoms with Crippen molar-refractivity contribution in [3.05, 3.63) is 59.4 Å². The molecule has 0 aliphatic heterocycles. The van der Waals surface area contributed by atoms with Crippen molar-refractivity contribution < 1.29 is 14.3 Å². The van der Waals surface area contributed by atoms with Gasteiger partial charge in [-0.25, -0.2) is 4.98 Å². The molecule has 4 heteroatoms. The molecule has 0 saturated carbocycles. The van der Waals surface area contributed by atoms with Crippen LogP contribution in [0.2, 0.25) is 0 Å². The van der Waals surface area contributed by atoms with Crippen molar-refractivity contribution in [2.45, 2.75) is 33.3 Å². The van der Waals surface area contributed by atoms with Gasteiger partial charge in [0.05, 0.1) is 0 Å². The van der Waals surface area contributed by atoms with Gasteiger partial charge in [0.15, 0.2) is 5.78 Å². The summed E-state index contributed by atoms with van der Waals surface area (Å²) in [6, 6.07) is 11.5. The van der Waals surface area contributed by atoms with Crippen LogP contribution in [0.25, 0.3) is 0 Å². The van der Waals surface area contributed by atoms with E-state index in [0.717, 1.165) is 11.1 Å². The number of carbonyl (C=O) groups excluding carboxylic acids is 2. The Kier molecular flexibility index (Phi) is 5.42. The van der Waals surface area contributed by atoms with Gasteiger partial charge in [-0.05, 0) is 31.0 Å². The number of benzene rings is 1. The zero-order valence-electron chi connectivity index (χ0n) is 12.8. The zero-order chi connectivity index (χ0) is 15.9. The van der Waals surface area contributed by atoms with Crippen LogP contribution in [0.5, 0.6) is 5.75 Å². The lowest BCUT2D eigenvalue weighted by molar-refractivity contribution is -0.116. The Labute approximate surface area is 130 Å². The number of aryl methyl sites for hydroxylation is 1. The molecule has 0 atom stereocenters. The van der Waals surface area contributed by atoms with Crippen LogP contribution in [0.15, 0.2) is 42.6 Å². The number of hydrogen-bond acceptors (Lipinski definition) is 4. The highest BCUT2D eigenvalue weighted by atomic mass is 16.5. The largest absolute Gasteiger partial charge is 0.486 e. The van der Waals surface area contributed by atoms with Crippen LogP contribution < -0.4 is 4.74 Å². The molecule has 0 unspecified atom stereocenters. The Morgan fingerprint density at radius 1 is 1.14 bits per heavy atom. The van der Waals surface area contributed by atoms with Gasteiger partial charge in [-0.2, -0.15) is 0 Å². The van der Waals surface area contributed by atoms with Crippen LogP contribution in [0.3, 0.4) is 0 Å². The number of carbonyl (C=O) groups is 2. The quantitative estimate of drug-likeness (QED) is 0.734. The first kappa shape index (κ1) is 15.9. The Balaban J connectivity index is 2.13. The number of nitrogens with zero attached hydrogens (tertiary/aromatic N) is 1. The second kappa shape index (κ2) is 7.50. The second-order valence-corrected chi connectivity index (χ2v) is 5.26. The van der Waals surface area contributed by atoms with Crippen molar-refractivity contribution in [2.75, 3.05) is 0 Å². The highest BCUT2D eigenvalue weighted by Gasteiger charge is 2.15. The highest BCUT2D eigenvalue weighted by molar-refractivity contribution is 5.98. The van der Waals surface area contributed by atoms with Crippen molar-refractivity contribution in [2.24, 2.45) is 0 Å². The SMILES string of the molecule is CC(=O)CCC(=O)c1ncc(C)cc1OCc1ccccc1. The molecule has 1 aromatic carbocycles. The lowest BCUT2D eigenvalue weighted by atomic mass is 10.1. The van der Waals surface area contributed by atoms with Gasteiger partial charge in [0.25, 0.3) is 0 Å². The highest BCUT2D eigenvalue weighted by Crippen LogP contribution is 2.21. The van der Waals surface area contributed by atoms with E-state index in [1.54, 1.807) is 12.3 Å². The molecular formula is C18H19NO3. The maximum atomic E-state index is 12.2. The number of ketones is 2. The van der Waals surface area contributed by atoms with E-state index in [-0.39, 0.29) is 24.4 Å². The van der Waals surface area contributed by atoms with E-state index in [9.17, 15) is 9.59 Å². The minimum atomic E-state index is -0.168. The van der Waals surface area contributed by atoms with Crippen molar-refractivity contribution in [1.82, 2.24) is 4.98 Å². The number of aromatic nitrogens is 1. The first-order valence-electron chi connectivity index (χ1n) is 7.22. The molecule has 0 N–H and O–H groups in total. The van der Waals surface area contributed by atoms with Crippen LogP contribution in [0, 0.1) is 6.92 Å². The summed E-state index contributed by atoms with van der Waals surface area (Å²) in [6.07, 6.45) is 2.02. The predicted molar refractivity (Wildman–Crippen MR) is 84.0 cm³/mol. The van der Waals surface area contributed by atoms with Crippen molar-refractivity contribution >= 4 is 11.6 Å². The van der Waals surface area contributed by atoms with Crippen LogP contribution in [0.1, 0.15) is 41.4 Å². The molecule has 22 heavy (non-hydrogen) atoms. The van der Waals surface area contributed by atoms with E-state index in [2.05, 4.69) is 4.98 Å². The number of ether oxygens (including phenoxy) is 1. The van der Waals surface area contributed by atoms with Crippen LogP contribution in [-0.4, -0.2) is 16.6 Å². The van der Waals surface area contributed by atoms with Gasteiger partial charge in [-0.1, -0.05) is 30.3 Å². The third-order valence-corrected chi connectivity index (χ3v) is 3.19. The third-order valence-electron chi connectivity index (χ3n) is 3.19. The van der Waals surface area contributed by atoms with Gasteiger partial charge >= 0.3 is 0 Å². The molecule has 0 radical (unpaired) electrons. The Morgan fingerprint density at radius 3 is 2.55 bits per heavy atom. The summed E-state index contributed by atoms with van der Waals surface area (Å²) in [5, 5.41) is 0. The summed E-state index contributed by atoms with van der Waals surface area (Å²) >= 11 is 0. The summed E-state index contributed by atoms with van der Waals surface area (Å²) in [4.78, 5) is 27.4. The van der Waals surface area contributed by atoms with E-state index >= 15 is 0 Å². The van der Waals surface area contributed by atoms with E-state index in [1.165, 1.54) is 6.92 Å². The topological polar surface area (TPSA) is 56.3 Å². The monoisotopic (exact) mass is 297 g/mol. The van der Waals surface area contributed by atoms with Crippen molar-refractivity contribution in [1.29, 1.82) is 0 Å². The van der Waals surface area contributed by atoms with E-state index in [1.807, 2.05) is 37.3 Å². The Morgan fingerprint density at radius 2 is 1.86 bits per heavy atom. The van der Waals surface area contributed by atoms with Crippen molar-refractivity contribution in [3.8, 4) is 5.75 Å². The van der Waals surface area contributed by atoms with Gasteiger partial charge < -0.3 is 9.53 Å². The maximum absolute atomic E-state index is 12.2. The standard InChI is InChI=1S/C18H19NO3/c1-13-10-17(22-12-15-6-4-3-5-7-15)18(19-11-13)16(21)9-8-14(2)20/h3-7,10-11H,8-9,12H2,1-2H3. The lowest BCUT2D eigenvalue weighted by Gasteiger charge is -2.11. The number of rotatable bonds is 7. The van der Waals surface area contributed by atoms with Crippen LogP contribution >= 0.6 is 0 Å². The average Bonchev–Trinajstić information content (AvgIpc) is 2.51. The fraction of sp³-hybridized carbons (Fsp3) is 0.278. The summed E-state index contributed by atoms with van der Waals surface area (Å²) in [6.45, 7) is 3.74. The minimum Gasteiger partial charge on any atom is -0.486 e. The molecule has 0 spiro atoms. The van der Waals surface area contributed by atoms with Gasteiger partial charge in [0, 0.05) is 19.0 Å². The minimum absolute atomic E-state index is 0.00721. The van der Waals surface area contributed by atoms with E-state index < -0.39 is 0 Å². The smallest absolute Gasteiger partial charge is 0.185 e. The molecule has 4 nitrogen and oxygen atoms in total. The van der Waals surface area contributed by atoms with Crippen molar-refractivity contribution in [3.63, 3.8) is 0 Å². The van der Waals surface area contributed by atoms with E-state index in [4.69, 9.17) is 4.74 Å². The van der Waals surface area contributed by atoms with Gasteiger partial charge in [0.1, 0.15) is 23.8 Å². The fourth-order valence-corrected chi connectivity index (χ4v) is 2.01. The lowest BCUT2D eigenvalue weighted by Crippen LogP contribution is -2.08. The summed E-state index contributed by atoms with van der Waals surface area (Å²) in [5.41, 5.74) is 2.24. The molecule has 0 amide bonds. The van der Waals surface area contributed by atoms with Gasteiger partial charge in [0.2, 0.25) is 0 Å². The second-order valence-electron chi connectivity index (χ2n) is 5.26. The summed E-state index contributed by atoms with van der Waals surface area (Å²) in [7, 11) is 0. The molecular weight excluding hydrogens is 278 g/mol. The van der Waals surface area contributed by atoms with E-state index in [0.29, 0.717) is 18.1 Å². The normalized spacial score (nSPS) is 10.3. The summed E-state index contributed by atoms with van der Waals surface area (Å²) < 4.78 is 5.76. The molecule has 0 aliphatic carbocycles. The number of pyridine rings is 1. The molecule has 1 heterocycles. The third kappa shape index (κ3) is 4.52. The first-order valence-corrected chi connectivity index (χ1v) is 7.22. The first-order chi connectivity index (χ1) is 10.6. The molecule has 1 aromatic heterocycles. The molecule has 0 fully saturated rings. The molecule has 2 rings (SSSR count). The van der Waals surface area contributed by atoms with Gasteiger partial charge in [-0.3, -0.25) is 4.79 Å². The Bertz CT molecular complexity index is 665. The number of hydrogen-bond donors (Lipinski definition) is 0. The molecule has 0 saturated heterocycles. The molecule has 0 aliphatic rings. The van der Waals surface area contributed by atoms with Gasteiger partial charge in [-0.15, -0.1) is 0 Å². The maximum Gasteiger partial charge on any atom is 0.185 e. The van der Waals surface area contributed by atoms with Crippen LogP contribution in [0.4, 0.5) is 0 Å². The average molecular weight is 297 g/mol. The number of Topliss-reactive ketones (excluding diaryl/α,β-unsaturated/α-hetero) is 2. The summed E-state index contributed by atoms with van der Waals surface area (Å²) in [5.74, 6) is 0.294. The fourth-order valence-electron chi connectivity index (χ4n) is 2.01. The van der Waals surface area contributed by atoms with Crippen LogP contribution in [-0.2, 0) is 11.4 Å². The predicted octanol–water partition coefficient (Wildman–Crippen LogP) is 3.52. The molecule has 2 aromatic rings. The Hall–Kier alpha value is -2.49. The zero-order valence-corrected chi connectivity index (χ0v) is 12.8.